The molecule has 0 aliphatic carbocycles. The lowest BCUT2D eigenvalue weighted by atomic mass is 10.1. The van der Waals surface area contributed by atoms with Crippen LogP contribution in [0.1, 0.15) is 17.0 Å². The lowest BCUT2D eigenvalue weighted by molar-refractivity contribution is -0.138. The van der Waals surface area contributed by atoms with Crippen molar-refractivity contribution in [1.29, 1.82) is 0 Å². The molecule has 0 unspecified atom stereocenters. The Labute approximate surface area is 136 Å². The molecule has 0 spiro atoms. The van der Waals surface area contributed by atoms with Gasteiger partial charge >= 0.3 is 5.97 Å². The van der Waals surface area contributed by atoms with Crippen molar-refractivity contribution in [2.45, 2.75) is 19.9 Å². The molecule has 1 N–H and O–H groups in total. The van der Waals surface area contributed by atoms with Gasteiger partial charge in [0.2, 0.25) is 0 Å². The number of carboxylic acids is 1. The third kappa shape index (κ3) is 2.85. The molecule has 2 heterocycles. The van der Waals surface area contributed by atoms with Crippen LogP contribution in [0.15, 0.2) is 33.6 Å². The summed E-state index contributed by atoms with van der Waals surface area (Å²) < 4.78 is 11.3. The van der Waals surface area contributed by atoms with Crippen LogP contribution in [0.3, 0.4) is 0 Å². The Balaban J connectivity index is 2.10. The highest BCUT2D eigenvalue weighted by Gasteiger charge is 2.19. The summed E-state index contributed by atoms with van der Waals surface area (Å²) in [5, 5.41) is 17.2. The van der Waals surface area contributed by atoms with Gasteiger partial charge in [-0.15, -0.1) is 0 Å². The van der Waals surface area contributed by atoms with Crippen LogP contribution in [0.5, 0.6) is 5.75 Å². The first-order valence-corrected chi connectivity index (χ1v) is 7.20. The van der Waals surface area contributed by atoms with E-state index in [2.05, 4.69) is 10.3 Å². The van der Waals surface area contributed by atoms with Crippen LogP contribution >= 0.6 is 0 Å². The highest BCUT2D eigenvalue weighted by molar-refractivity contribution is 5.80. The average molecular weight is 329 g/mol. The standard InChI is InChI=1S/C16H15N3O5/c1-9-14-15(24-18-9)12(17-19(16(14)22)8-13(20)21)7-10-3-5-11(23-2)6-4-10/h3-6H,7-8H2,1-2H3,(H,20,21). The van der Waals surface area contributed by atoms with Crippen LogP contribution in [-0.4, -0.2) is 33.1 Å². The number of benzene rings is 1. The third-order valence-corrected chi connectivity index (χ3v) is 3.63. The van der Waals surface area contributed by atoms with Gasteiger partial charge < -0.3 is 14.4 Å². The Morgan fingerprint density at radius 1 is 1.33 bits per heavy atom. The monoisotopic (exact) mass is 329 g/mol. The van der Waals surface area contributed by atoms with Crippen molar-refractivity contribution in [2.24, 2.45) is 0 Å². The van der Waals surface area contributed by atoms with Crippen molar-refractivity contribution >= 4 is 16.9 Å². The molecule has 3 rings (SSSR count). The number of hydrogen-bond acceptors (Lipinski definition) is 6. The number of carbonyl (C=O) groups is 1. The molecule has 0 fully saturated rings. The van der Waals surface area contributed by atoms with E-state index in [0.717, 1.165) is 16.0 Å². The second kappa shape index (κ2) is 6.15. The molecule has 0 saturated heterocycles. The fraction of sp³-hybridized carbons (Fsp3) is 0.250. The molecule has 0 saturated carbocycles. The molecule has 124 valence electrons. The zero-order chi connectivity index (χ0) is 17.3. The van der Waals surface area contributed by atoms with Gasteiger partial charge in [-0.1, -0.05) is 17.3 Å². The van der Waals surface area contributed by atoms with E-state index >= 15 is 0 Å². The first kappa shape index (κ1) is 15.7. The number of rotatable bonds is 5. The van der Waals surface area contributed by atoms with Crippen molar-refractivity contribution in [3.63, 3.8) is 0 Å². The summed E-state index contributed by atoms with van der Waals surface area (Å²) in [6.45, 7) is 1.12. The van der Waals surface area contributed by atoms with Gasteiger partial charge in [-0.05, 0) is 24.6 Å². The van der Waals surface area contributed by atoms with Crippen LogP contribution in [-0.2, 0) is 17.8 Å². The lowest BCUT2D eigenvalue weighted by Crippen LogP contribution is -2.28. The SMILES string of the molecule is COc1ccc(Cc2nn(CC(=O)O)c(=O)c3c(C)noc23)cc1. The molecular weight excluding hydrogens is 314 g/mol. The van der Waals surface area contributed by atoms with Gasteiger partial charge in [-0.2, -0.15) is 5.10 Å². The summed E-state index contributed by atoms with van der Waals surface area (Å²) in [7, 11) is 1.58. The molecule has 3 aromatic rings. The number of ether oxygens (including phenoxy) is 1. The highest BCUT2D eigenvalue weighted by atomic mass is 16.5. The van der Waals surface area contributed by atoms with Gasteiger partial charge in [0.25, 0.3) is 5.56 Å². The average Bonchev–Trinajstić information content (AvgIpc) is 2.94. The van der Waals surface area contributed by atoms with E-state index < -0.39 is 18.1 Å². The maximum absolute atomic E-state index is 12.4. The summed E-state index contributed by atoms with van der Waals surface area (Å²) in [6.07, 6.45) is 0.370. The maximum atomic E-state index is 12.4. The normalized spacial score (nSPS) is 10.9. The van der Waals surface area contributed by atoms with Crippen molar-refractivity contribution in [3.05, 3.63) is 51.6 Å². The second-order valence-corrected chi connectivity index (χ2v) is 5.30. The molecular formula is C16H15N3O5. The number of methoxy groups -OCH3 is 1. The molecule has 8 nitrogen and oxygen atoms in total. The number of hydrogen-bond donors (Lipinski definition) is 1. The van der Waals surface area contributed by atoms with Crippen molar-refractivity contribution in [3.8, 4) is 5.75 Å². The zero-order valence-corrected chi connectivity index (χ0v) is 13.1. The number of aromatic nitrogens is 3. The first-order chi connectivity index (χ1) is 11.5. The van der Waals surface area contributed by atoms with Crippen molar-refractivity contribution in [2.75, 3.05) is 7.11 Å². The first-order valence-electron chi connectivity index (χ1n) is 7.20. The minimum absolute atomic E-state index is 0.259. The summed E-state index contributed by atoms with van der Waals surface area (Å²) in [6, 6.07) is 7.35. The molecule has 8 heteroatoms. The number of carboxylic acid groups (broad SMARTS) is 1. The van der Waals surface area contributed by atoms with E-state index in [1.165, 1.54) is 0 Å². The van der Waals surface area contributed by atoms with Crippen molar-refractivity contribution in [1.82, 2.24) is 14.9 Å². The molecule has 0 bridgehead atoms. The molecule has 0 aliphatic rings. The largest absolute Gasteiger partial charge is 0.497 e. The topological polar surface area (TPSA) is 107 Å². The minimum Gasteiger partial charge on any atom is -0.497 e. The smallest absolute Gasteiger partial charge is 0.325 e. The van der Waals surface area contributed by atoms with Crippen LogP contribution in [0.4, 0.5) is 0 Å². The van der Waals surface area contributed by atoms with Crippen molar-refractivity contribution < 1.29 is 19.2 Å². The Hall–Kier alpha value is -3.16. The maximum Gasteiger partial charge on any atom is 0.325 e. The predicted molar refractivity (Wildman–Crippen MR) is 84.2 cm³/mol. The Morgan fingerprint density at radius 3 is 2.67 bits per heavy atom. The van der Waals surface area contributed by atoms with E-state index in [0.29, 0.717) is 17.8 Å². The van der Waals surface area contributed by atoms with E-state index in [4.69, 9.17) is 14.4 Å². The van der Waals surface area contributed by atoms with E-state index in [-0.39, 0.29) is 11.0 Å². The summed E-state index contributed by atoms with van der Waals surface area (Å²) in [4.78, 5) is 23.3. The van der Waals surface area contributed by atoms with Crippen LogP contribution < -0.4 is 10.3 Å². The third-order valence-electron chi connectivity index (χ3n) is 3.63. The number of aryl methyl sites for hydroxylation is 1. The Morgan fingerprint density at radius 2 is 2.04 bits per heavy atom. The molecule has 0 atom stereocenters. The van der Waals surface area contributed by atoms with Gasteiger partial charge in [-0.3, -0.25) is 9.59 Å². The zero-order valence-electron chi connectivity index (χ0n) is 13.1. The minimum atomic E-state index is -1.14. The number of aliphatic carboxylic acids is 1. The molecule has 1 aromatic carbocycles. The second-order valence-electron chi connectivity index (χ2n) is 5.30. The molecule has 2 aromatic heterocycles. The van der Waals surface area contributed by atoms with Gasteiger partial charge in [-0.25, -0.2) is 4.68 Å². The van der Waals surface area contributed by atoms with E-state index in [1.54, 1.807) is 14.0 Å². The highest BCUT2D eigenvalue weighted by Crippen LogP contribution is 2.20. The van der Waals surface area contributed by atoms with E-state index in [1.807, 2.05) is 24.3 Å². The summed E-state index contributed by atoms with van der Waals surface area (Å²) in [5.74, 6) is -0.420. The van der Waals surface area contributed by atoms with Crippen LogP contribution in [0.2, 0.25) is 0 Å². The number of fused-ring (bicyclic) bond motifs is 1. The van der Waals surface area contributed by atoms with Gasteiger partial charge in [0.05, 0.1) is 12.8 Å². The number of nitrogens with zero attached hydrogens (tertiary/aromatic N) is 3. The summed E-state index contributed by atoms with van der Waals surface area (Å²) >= 11 is 0. The Bertz CT molecular complexity index is 956. The van der Waals surface area contributed by atoms with Gasteiger partial charge in [0, 0.05) is 6.42 Å². The Kier molecular flexibility index (Phi) is 4.03. The molecule has 0 radical (unpaired) electrons. The lowest BCUT2D eigenvalue weighted by Gasteiger charge is -2.07. The molecule has 0 aliphatic heterocycles. The summed E-state index contributed by atoms with van der Waals surface area (Å²) in [5.41, 5.74) is 1.54. The van der Waals surface area contributed by atoms with E-state index in [9.17, 15) is 9.59 Å². The predicted octanol–water partition coefficient (Wildman–Crippen LogP) is 1.38. The van der Waals surface area contributed by atoms with Gasteiger partial charge in [0.1, 0.15) is 23.4 Å². The quantitative estimate of drug-likeness (QED) is 0.753. The fourth-order valence-electron chi connectivity index (χ4n) is 2.47. The van der Waals surface area contributed by atoms with Crippen LogP contribution in [0.25, 0.3) is 11.0 Å². The van der Waals surface area contributed by atoms with Gasteiger partial charge in [0.15, 0.2) is 5.58 Å². The fourth-order valence-corrected chi connectivity index (χ4v) is 2.47. The molecule has 0 amide bonds. The van der Waals surface area contributed by atoms with Crippen LogP contribution in [0, 0.1) is 6.92 Å². The molecule has 24 heavy (non-hydrogen) atoms.